The molecule has 0 bridgehead atoms. The van der Waals surface area contributed by atoms with Gasteiger partial charge in [-0.3, -0.25) is 20.2 Å². The Balaban J connectivity index is 2.75. The summed E-state index contributed by atoms with van der Waals surface area (Å²) in [5.41, 5.74) is 0.975. The Morgan fingerprint density at radius 3 is 2.08 bits per heavy atom. The van der Waals surface area contributed by atoms with Crippen LogP contribution in [0.25, 0.3) is 0 Å². The summed E-state index contributed by atoms with van der Waals surface area (Å²) >= 11 is 0. The molecule has 8 nitrogen and oxygen atoms in total. The van der Waals surface area contributed by atoms with Gasteiger partial charge in [0.05, 0.1) is 21.5 Å². The van der Waals surface area contributed by atoms with E-state index in [9.17, 15) is 25.0 Å². The zero-order valence-corrected chi connectivity index (χ0v) is 14.4. The van der Waals surface area contributed by atoms with Gasteiger partial charge in [0, 0.05) is 12.1 Å². The van der Waals surface area contributed by atoms with E-state index in [1.807, 2.05) is 20.8 Å². The molecule has 1 aromatic carbocycles. The molecule has 0 aliphatic carbocycles. The number of ether oxygens (including phenoxy) is 1. The number of carbonyl (C=O) groups excluding carboxylic acids is 1. The van der Waals surface area contributed by atoms with Crippen molar-refractivity contribution < 1.29 is 19.4 Å². The van der Waals surface area contributed by atoms with Gasteiger partial charge in [0.2, 0.25) is 0 Å². The number of nitro groups is 2. The summed E-state index contributed by atoms with van der Waals surface area (Å²) < 4.78 is 5.02. The number of allylic oxidation sites excluding steroid dienone is 3. The van der Waals surface area contributed by atoms with Crippen LogP contribution in [0.1, 0.15) is 44.0 Å². The average Bonchev–Trinajstić information content (AvgIpc) is 2.53. The molecule has 0 unspecified atom stereocenters. The van der Waals surface area contributed by atoms with Gasteiger partial charge in [0.1, 0.15) is 6.61 Å². The maximum atomic E-state index is 12.0. The lowest BCUT2D eigenvalue weighted by Gasteiger charge is -2.04. The van der Waals surface area contributed by atoms with Gasteiger partial charge in [-0.25, -0.2) is 4.79 Å². The molecule has 0 fully saturated rings. The molecular formula is C17H20N2O6. The maximum absolute atomic E-state index is 12.0. The SMILES string of the molecule is CC(C)=CCCC(C)=CCOC(=O)c1cc([N+](=O)[O-])cc([N+](=O)[O-])c1. The van der Waals surface area contributed by atoms with E-state index in [-0.39, 0.29) is 12.2 Å². The van der Waals surface area contributed by atoms with Gasteiger partial charge in [-0.05, 0) is 39.7 Å². The van der Waals surface area contributed by atoms with Crippen molar-refractivity contribution in [3.8, 4) is 0 Å². The number of hydrogen-bond acceptors (Lipinski definition) is 6. The van der Waals surface area contributed by atoms with E-state index in [0.717, 1.165) is 36.6 Å². The summed E-state index contributed by atoms with van der Waals surface area (Å²) in [4.78, 5) is 32.0. The highest BCUT2D eigenvalue weighted by Gasteiger charge is 2.20. The zero-order valence-electron chi connectivity index (χ0n) is 14.4. The third-order valence-corrected chi connectivity index (χ3v) is 3.30. The number of esters is 1. The van der Waals surface area contributed by atoms with Crippen LogP contribution in [0.15, 0.2) is 41.5 Å². The van der Waals surface area contributed by atoms with Gasteiger partial charge < -0.3 is 4.74 Å². The van der Waals surface area contributed by atoms with E-state index < -0.39 is 27.2 Å². The van der Waals surface area contributed by atoms with Crippen molar-refractivity contribution in [3.05, 3.63) is 67.3 Å². The fourth-order valence-corrected chi connectivity index (χ4v) is 1.96. The summed E-state index contributed by atoms with van der Waals surface area (Å²) in [6.45, 7) is 5.93. The van der Waals surface area contributed by atoms with Gasteiger partial charge in [-0.2, -0.15) is 0 Å². The lowest BCUT2D eigenvalue weighted by molar-refractivity contribution is -0.394. The molecule has 25 heavy (non-hydrogen) atoms. The van der Waals surface area contributed by atoms with Crippen molar-refractivity contribution in [2.24, 2.45) is 0 Å². The zero-order chi connectivity index (χ0) is 19.0. The Kier molecular flexibility index (Phi) is 7.45. The normalized spacial score (nSPS) is 10.9. The van der Waals surface area contributed by atoms with E-state index in [1.165, 1.54) is 5.57 Å². The van der Waals surface area contributed by atoms with E-state index in [2.05, 4.69) is 6.08 Å². The molecule has 8 heteroatoms. The van der Waals surface area contributed by atoms with E-state index in [1.54, 1.807) is 6.08 Å². The molecule has 0 aliphatic rings. The first-order chi connectivity index (χ1) is 11.7. The lowest BCUT2D eigenvalue weighted by Crippen LogP contribution is -2.07. The molecule has 0 heterocycles. The smallest absolute Gasteiger partial charge is 0.338 e. The fraction of sp³-hybridized carbons (Fsp3) is 0.353. The quantitative estimate of drug-likeness (QED) is 0.299. The number of benzene rings is 1. The summed E-state index contributed by atoms with van der Waals surface area (Å²) in [6, 6.07) is 2.71. The Morgan fingerprint density at radius 1 is 1.04 bits per heavy atom. The number of non-ortho nitro benzene ring substituents is 2. The maximum Gasteiger partial charge on any atom is 0.338 e. The topological polar surface area (TPSA) is 113 Å². The summed E-state index contributed by atoms with van der Waals surface area (Å²) in [5, 5.41) is 21.6. The van der Waals surface area contributed by atoms with Crippen LogP contribution >= 0.6 is 0 Å². The molecule has 0 saturated carbocycles. The molecule has 0 aliphatic heterocycles. The summed E-state index contributed by atoms with van der Waals surface area (Å²) in [6.07, 6.45) is 5.55. The largest absolute Gasteiger partial charge is 0.458 e. The number of hydrogen-bond donors (Lipinski definition) is 0. The second-order valence-electron chi connectivity index (χ2n) is 5.72. The Bertz CT molecular complexity index is 700. The standard InChI is InChI=1S/C17H20N2O6/c1-12(2)5-4-6-13(3)7-8-25-17(20)14-9-15(18(21)22)11-16(10-14)19(23)24/h5,7,9-11H,4,6,8H2,1-3H3. The van der Waals surface area contributed by atoms with E-state index >= 15 is 0 Å². The van der Waals surface area contributed by atoms with Crippen LogP contribution in [0.2, 0.25) is 0 Å². The molecule has 0 saturated heterocycles. The molecule has 0 spiro atoms. The van der Waals surface area contributed by atoms with Gasteiger partial charge >= 0.3 is 5.97 Å². The summed E-state index contributed by atoms with van der Waals surface area (Å²) in [7, 11) is 0. The van der Waals surface area contributed by atoms with Gasteiger partial charge in [-0.15, -0.1) is 0 Å². The van der Waals surface area contributed by atoms with Crippen LogP contribution in [-0.2, 0) is 4.74 Å². The fourth-order valence-electron chi connectivity index (χ4n) is 1.96. The first-order valence-electron chi connectivity index (χ1n) is 7.60. The average molecular weight is 348 g/mol. The lowest BCUT2D eigenvalue weighted by atomic mass is 10.1. The van der Waals surface area contributed by atoms with Crippen LogP contribution in [0.5, 0.6) is 0 Å². The Labute approximate surface area is 145 Å². The van der Waals surface area contributed by atoms with Crippen LogP contribution in [0.3, 0.4) is 0 Å². The number of nitro benzene ring substituents is 2. The first kappa shape index (κ1) is 20.0. The molecule has 0 aromatic heterocycles. The third-order valence-electron chi connectivity index (χ3n) is 3.30. The first-order valence-corrected chi connectivity index (χ1v) is 7.60. The molecule has 0 amide bonds. The highest BCUT2D eigenvalue weighted by Crippen LogP contribution is 2.23. The highest BCUT2D eigenvalue weighted by molar-refractivity contribution is 5.91. The minimum Gasteiger partial charge on any atom is -0.458 e. The molecule has 0 atom stereocenters. The number of rotatable bonds is 8. The number of carbonyl (C=O) groups is 1. The predicted molar refractivity (Wildman–Crippen MR) is 92.5 cm³/mol. The van der Waals surface area contributed by atoms with Crippen LogP contribution in [0.4, 0.5) is 11.4 Å². The highest BCUT2D eigenvalue weighted by atomic mass is 16.6. The van der Waals surface area contributed by atoms with Crippen molar-refractivity contribution in [2.45, 2.75) is 33.6 Å². The van der Waals surface area contributed by atoms with Crippen LogP contribution in [0, 0.1) is 20.2 Å². The van der Waals surface area contributed by atoms with E-state index in [4.69, 9.17) is 4.74 Å². The van der Waals surface area contributed by atoms with Gasteiger partial charge in [0.15, 0.2) is 0 Å². The second kappa shape index (κ2) is 9.31. The molecule has 134 valence electrons. The van der Waals surface area contributed by atoms with Crippen molar-refractivity contribution in [1.82, 2.24) is 0 Å². The molecule has 0 radical (unpaired) electrons. The van der Waals surface area contributed by atoms with Crippen molar-refractivity contribution in [3.63, 3.8) is 0 Å². The third kappa shape index (κ3) is 6.94. The van der Waals surface area contributed by atoms with Gasteiger partial charge in [0.25, 0.3) is 11.4 Å². The molecule has 1 aromatic rings. The Morgan fingerprint density at radius 2 is 1.60 bits per heavy atom. The molecular weight excluding hydrogens is 328 g/mol. The van der Waals surface area contributed by atoms with Crippen molar-refractivity contribution in [2.75, 3.05) is 6.61 Å². The second-order valence-corrected chi connectivity index (χ2v) is 5.72. The summed E-state index contributed by atoms with van der Waals surface area (Å²) in [5.74, 6) is -0.847. The van der Waals surface area contributed by atoms with Crippen LogP contribution in [-0.4, -0.2) is 22.4 Å². The van der Waals surface area contributed by atoms with Crippen LogP contribution < -0.4 is 0 Å². The minimum absolute atomic E-state index is 0.00399. The van der Waals surface area contributed by atoms with Crippen molar-refractivity contribution >= 4 is 17.3 Å². The number of nitrogens with zero attached hydrogens (tertiary/aromatic N) is 2. The Hall–Kier alpha value is -3.03. The van der Waals surface area contributed by atoms with E-state index in [0.29, 0.717) is 0 Å². The monoisotopic (exact) mass is 348 g/mol. The molecule has 0 N–H and O–H groups in total. The van der Waals surface area contributed by atoms with Crippen molar-refractivity contribution in [1.29, 1.82) is 0 Å². The minimum atomic E-state index is -0.847. The van der Waals surface area contributed by atoms with Gasteiger partial charge in [-0.1, -0.05) is 17.2 Å². The molecule has 1 rings (SSSR count). The predicted octanol–water partition coefficient (Wildman–Crippen LogP) is 4.35.